The number of aryl methyl sites for hydroxylation is 2. The van der Waals surface area contributed by atoms with Crippen molar-refractivity contribution in [2.75, 3.05) is 27.3 Å². The maximum atomic E-state index is 12.8. The van der Waals surface area contributed by atoms with E-state index in [9.17, 15) is 14.4 Å². The lowest BCUT2D eigenvalue weighted by atomic mass is 10.1. The van der Waals surface area contributed by atoms with Crippen LogP contribution in [0.3, 0.4) is 0 Å². The highest BCUT2D eigenvalue weighted by Gasteiger charge is 2.33. The second-order valence-electron chi connectivity index (χ2n) is 7.42. The molecule has 1 fully saturated rings. The van der Waals surface area contributed by atoms with E-state index in [1.54, 1.807) is 14.2 Å². The Hall–Kier alpha value is -3.35. The molecule has 0 radical (unpaired) electrons. The van der Waals surface area contributed by atoms with Gasteiger partial charge >= 0.3 is 6.03 Å². The quantitative estimate of drug-likeness (QED) is 0.649. The molecule has 2 aromatic rings. The number of carbonyl (C=O) groups excluding carboxylic acids is 3. The predicted molar refractivity (Wildman–Crippen MR) is 116 cm³/mol. The van der Waals surface area contributed by atoms with Crippen LogP contribution in [0, 0.1) is 0 Å². The lowest BCUT2D eigenvalue weighted by Crippen LogP contribution is -2.53. The van der Waals surface area contributed by atoms with Crippen LogP contribution in [0.5, 0.6) is 11.5 Å². The van der Waals surface area contributed by atoms with E-state index in [1.807, 2.05) is 48.5 Å². The molecule has 7 heteroatoms. The fourth-order valence-corrected chi connectivity index (χ4v) is 3.54. The summed E-state index contributed by atoms with van der Waals surface area (Å²) in [5.41, 5.74) is 1.98. The van der Waals surface area contributed by atoms with Crippen molar-refractivity contribution in [1.29, 1.82) is 0 Å². The first-order valence-electron chi connectivity index (χ1n) is 10.4. The summed E-state index contributed by atoms with van der Waals surface area (Å²) in [5.74, 6) is 0.997. The summed E-state index contributed by atoms with van der Waals surface area (Å²) in [6.45, 7) is 0.699. The molecule has 0 aromatic heterocycles. The van der Waals surface area contributed by atoms with Gasteiger partial charge < -0.3 is 9.47 Å². The number of rotatable bonds is 8. The Bertz CT molecular complexity index is 835. The van der Waals surface area contributed by atoms with Crippen LogP contribution in [0.1, 0.15) is 30.4 Å². The first-order chi connectivity index (χ1) is 15.0. The number of carbonyl (C=O) groups is 3. The molecule has 1 aliphatic rings. The zero-order chi connectivity index (χ0) is 22.2. The van der Waals surface area contributed by atoms with Crippen LogP contribution in [0.15, 0.2) is 48.5 Å². The molecule has 0 aliphatic carbocycles. The van der Waals surface area contributed by atoms with Gasteiger partial charge in [0.25, 0.3) is 0 Å². The lowest BCUT2D eigenvalue weighted by Gasteiger charge is -2.33. The van der Waals surface area contributed by atoms with Gasteiger partial charge in [-0.05, 0) is 54.7 Å². The van der Waals surface area contributed by atoms with Crippen molar-refractivity contribution in [2.24, 2.45) is 0 Å². The molecule has 1 aliphatic heterocycles. The number of methoxy groups -OCH3 is 2. The molecule has 1 saturated heterocycles. The first-order valence-corrected chi connectivity index (χ1v) is 10.4. The highest BCUT2D eigenvalue weighted by molar-refractivity contribution is 6.02. The van der Waals surface area contributed by atoms with Crippen LogP contribution >= 0.6 is 0 Å². The molecule has 0 atom stereocenters. The molecule has 0 N–H and O–H groups in total. The van der Waals surface area contributed by atoms with Crippen molar-refractivity contribution in [3.63, 3.8) is 0 Å². The smallest absolute Gasteiger partial charge is 0.333 e. The molecule has 164 valence electrons. The van der Waals surface area contributed by atoms with E-state index in [-0.39, 0.29) is 24.7 Å². The monoisotopic (exact) mass is 424 g/mol. The molecule has 2 aromatic carbocycles. The third-order valence-electron chi connectivity index (χ3n) is 5.40. The van der Waals surface area contributed by atoms with Crippen LogP contribution < -0.4 is 9.47 Å². The van der Waals surface area contributed by atoms with E-state index >= 15 is 0 Å². The van der Waals surface area contributed by atoms with Gasteiger partial charge in [-0.2, -0.15) is 0 Å². The zero-order valence-corrected chi connectivity index (χ0v) is 18.0. The average molecular weight is 424 g/mol. The topological polar surface area (TPSA) is 76.2 Å². The highest BCUT2D eigenvalue weighted by Crippen LogP contribution is 2.17. The van der Waals surface area contributed by atoms with E-state index in [2.05, 4.69) is 0 Å². The number of amides is 4. The third-order valence-corrected chi connectivity index (χ3v) is 5.40. The second-order valence-corrected chi connectivity index (χ2v) is 7.42. The molecule has 1 heterocycles. The van der Waals surface area contributed by atoms with Crippen molar-refractivity contribution in [3.05, 3.63) is 59.7 Å². The number of ether oxygens (including phenoxy) is 2. The molecule has 3 rings (SSSR count). The summed E-state index contributed by atoms with van der Waals surface area (Å²) in [6, 6.07) is 14.5. The summed E-state index contributed by atoms with van der Waals surface area (Å²) in [5, 5.41) is 0. The van der Waals surface area contributed by atoms with Crippen LogP contribution in [0.2, 0.25) is 0 Å². The molecule has 0 spiro atoms. The summed E-state index contributed by atoms with van der Waals surface area (Å²) in [4.78, 5) is 40.5. The van der Waals surface area contributed by atoms with Crippen molar-refractivity contribution in [2.45, 2.75) is 32.1 Å². The van der Waals surface area contributed by atoms with Gasteiger partial charge in [0.1, 0.15) is 11.5 Å². The molecule has 7 nitrogen and oxygen atoms in total. The Kier molecular flexibility index (Phi) is 7.65. The Labute approximate surface area is 182 Å². The Morgan fingerprint density at radius 1 is 0.742 bits per heavy atom. The van der Waals surface area contributed by atoms with Gasteiger partial charge in [-0.15, -0.1) is 0 Å². The summed E-state index contributed by atoms with van der Waals surface area (Å²) < 4.78 is 10.3. The number of urea groups is 1. The Morgan fingerprint density at radius 3 is 1.48 bits per heavy atom. The largest absolute Gasteiger partial charge is 0.497 e. The van der Waals surface area contributed by atoms with E-state index in [0.29, 0.717) is 32.4 Å². The maximum absolute atomic E-state index is 12.8. The minimum Gasteiger partial charge on any atom is -0.497 e. The number of benzene rings is 2. The SMILES string of the molecule is COc1ccc(CCC(=O)N2CCCN(C(=O)CCc3ccc(OC)cc3)C2=O)cc1. The molecular formula is C24H28N2O5. The molecular weight excluding hydrogens is 396 g/mol. The van der Waals surface area contributed by atoms with Gasteiger partial charge in [0.2, 0.25) is 11.8 Å². The van der Waals surface area contributed by atoms with E-state index in [1.165, 1.54) is 9.80 Å². The fraction of sp³-hybridized carbons (Fsp3) is 0.375. The van der Waals surface area contributed by atoms with Crippen molar-refractivity contribution < 1.29 is 23.9 Å². The lowest BCUT2D eigenvalue weighted by molar-refractivity contribution is -0.133. The standard InChI is InChI=1S/C24H28N2O5/c1-30-20-10-4-18(5-11-20)8-14-22(27)25-16-3-17-26(24(25)29)23(28)15-9-19-6-12-21(31-2)13-7-19/h4-7,10-13H,3,8-9,14-17H2,1-2H3. The van der Waals surface area contributed by atoms with Crippen LogP contribution in [-0.2, 0) is 22.4 Å². The van der Waals surface area contributed by atoms with E-state index < -0.39 is 6.03 Å². The summed E-state index contributed by atoms with van der Waals surface area (Å²) >= 11 is 0. The Morgan fingerprint density at radius 2 is 1.13 bits per heavy atom. The molecule has 4 amide bonds. The van der Waals surface area contributed by atoms with Crippen molar-refractivity contribution in [1.82, 2.24) is 9.80 Å². The van der Waals surface area contributed by atoms with Crippen LogP contribution in [0.25, 0.3) is 0 Å². The number of hydrogen-bond acceptors (Lipinski definition) is 5. The normalized spacial score (nSPS) is 13.8. The minimum absolute atomic E-state index is 0.214. The first kappa shape index (κ1) is 22.3. The van der Waals surface area contributed by atoms with Crippen molar-refractivity contribution >= 4 is 17.8 Å². The maximum Gasteiger partial charge on any atom is 0.333 e. The third kappa shape index (κ3) is 5.84. The molecule has 31 heavy (non-hydrogen) atoms. The highest BCUT2D eigenvalue weighted by atomic mass is 16.5. The van der Waals surface area contributed by atoms with Crippen LogP contribution in [-0.4, -0.2) is 55.0 Å². The van der Waals surface area contributed by atoms with Gasteiger partial charge in [0.15, 0.2) is 0 Å². The summed E-state index contributed by atoms with van der Waals surface area (Å²) in [6.07, 6.45) is 2.07. The minimum atomic E-state index is -0.509. The summed E-state index contributed by atoms with van der Waals surface area (Å²) in [7, 11) is 3.20. The Balaban J connectivity index is 1.52. The predicted octanol–water partition coefficient (Wildman–Crippen LogP) is 3.45. The molecule has 0 bridgehead atoms. The zero-order valence-electron chi connectivity index (χ0n) is 18.0. The van der Waals surface area contributed by atoms with Gasteiger partial charge in [-0.3, -0.25) is 19.4 Å². The average Bonchev–Trinajstić information content (AvgIpc) is 2.81. The fourth-order valence-electron chi connectivity index (χ4n) is 3.54. The molecule has 0 unspecified atom stereocenters. The van der Waals surface area contributed by atoms with E-state index in [0.717, 1.165) is 22.6 Å². The van der Waals surface area contributed by atoms with Crippen molar-refractivity contribution in [3.8, 4) is 11.5 Å². The van der Waals surface area contributed by atoms with Gasteiger partial charge in [-0.25, -0.2) is 4.79 Å². The number of imide groups is 2. The number of hydrogen-bond donors (Lipinski definition) is 0. The van der Waals surface area contributed by atoms with Gasteiger partial charge in [-0.1, -0.05) is 24.3 Å². The van der Waals surface area contributed by atoms with Gasteiger partial charge in [0, 0.05) is 25.9 Å². The van der Waals surface area contributed by atoms with Gasteiger partial charge in [0.05, 0.1) is 14.2 Å². The molecule has 0 saturated carbocycles. The second kappa shape index (κ2) is 10.6. The van der Waals surface area contributed by atoms with E-state index in [4.69, 9.17) is 9.47 Å². The van der Waals surface area contributed by atoms with Crippen LogP contribution in [0.4, 0.5) is 4.79 Å². The number of nitrogens with zero attached hydrogens (tertiary/aromatic N) is 2.